The number of carbonyl (C=O) groups is 1. The molecule has 1 saturated heterocycles. The molecule has 1 N–H and O–H groups in total. The smallest absolute Gasteiger partial charge is 0.317 e. The number of nitrogens with one attached hydrogen (secondary N) is 1. The van der Waals surface area contributed by atoms with E-state index in [9.17, 15) is 4.79 Å². The summed E-state index contributed by atoms with van der Waals surface area (Å²) >= 11 is 0. The van der Waals surface area contributed by atoms with Crippen molar-refractivity contribution in [2.45, 2.75) is 52.0 Å². The summed E-state index contributed by atoms with van der Waals surface area (Å²) in [6.07, 6.45) is 1.41. The molecule has 3 rings (SSSR count). The van der Waals surface area contributed by atoms with Gasteiger partial charge in [0.1, 0.15) is 5.75 Å². The quantitative estimate of drug-likeness (QED) is 0.871. The Balaban J connectivity index is 1.48. The number of carbonyl (C=O) groups excluding carboxylic acids is 1. The summed E-state index contributed by atoms with van der Waals surface area (Å²) in [7, 11) is 0. The Hall–Kier alpha value is -2.57. The lowest BCUT2D eigenvalue weighted by atomic mass is 10.1. The predicted octanol–water partition coefficient (Wildman–Crippen LogP) is 3.30. The molecule has 1 unspecified atom stereocenters. The van der Waals surface area contributed by atoms with Crippen molar-refractivity contribution >= 4 is 6.03 Å². The Labute approximate surface area is 160 Å². The van der Waals surface area contributed by atoms with Crippen LogP contribution in [0.25, 0.3) is 0 Å². The van der Waals surface area contributed by atoms with Gasteiger partial charge in [0.2, 0.25) is 5.89 Å². The molecule has 0 radical (unpaired) electrons. The van der Waals surface area contributed by atoms with Crippen LogP contribution in [0.4, 0.5) is 4.79 Å². The van der Waals surface area contributed by atoms with Crippen LogP contribution in [-0.2, 0) is 6.42 Å². The van der Waals surface area contributed by atoms with Crippen LogP contribution < -0.4 is 10.1 Å². The van der Waals surface area contributed by atoms with Gasteiger partial charge in [-0.3, -0.25) is 0 Å². The molecule has 1 aliphatic rings. The zero-order valence-electron chi connectivity index (χ0n) is 16.5. The monoisotopic (exact) mass is 372 g/mol. The average molecular weight is 372 g/mol. The van der Waals surface area contributed by atoms with Gasteiger partial charge in [0.05, 0.1) is 12.5 Å². The van der Waals surface area contributed by atoms with E-state index in [1.807, 2.05) is 52.0 Å². The number of benzene rings is 1. The van der Waals surface area contributed by atoms with Gasteiger partial charge in [-0.2, -0.15) is 4.98 Å². The highest BCUT2D eigenvalue weighted by Crippen LogP contribution is 2.26. The highest BCUT2D eigenvalue weighted by atomic mass is 16.5. The third kappa shape index (κ3) is 5.45. The van der Waals surface area contributed by atoms with Crippen molar-refractivity contribution in [1.29, 1.82) is 0 Å². The third-order valence-electron chi connectivity index (χ3n) is 4.37. The molecule has 1 aromatic carbocycles. The van der Waals surface area contributed by atoms with Crippen LogP contribution >= 0.6 is 0 Å². The predicted molar refractivity (Wildman–Crippen MR) is 102 cm³/mol. The molecule has 7 nitrogen and oxygen atoms in total. The summed E-state index contributed by atoms with van der Waals surface area (Å²) in [4.78, 5) is 18.6. The highest BCUT2D eigenvalue weighted by Gasteiger charge is 2.32. The Morgan fingerprint density at radius 1 is 1.41 bits per heavy atom. The molecular weight excluding hydrogens is 344 g/mol. The van der Waals surface area contributed by atoms with Crippen LogP contribution in [-0.4, -0.2) is 46.3 Å². The molecule has 2 heterocycles. The van der Waals surface area contributed by atoms with Gasteiger partial charge in [-0.05, 0) is 51.8 Å². The van der Waals surface area contributed by atoms with Crippen molar-refractivity contribution in [3.05, 3.63) is 41.5 Å². The molecule has 1 aliphatic heterocycles. The molecule has 0 spiro atoms. The van der Waals surface area contributed by atoms with Crippen molar-refractivity contribution in [3.63, 3.8) is 0 Å². The van der Waals surface area contributed by atoms with E-state index >= 15 is 0 Å². The minimum absolute atomic E-state index is 0.0451. The van der Waals surface area contributed by atoms with E-state index < -0.39 is 0 Å². The number of hydrogen-bond acceptors (Lipinski definition) is 5. The van der Waals surface area contributed by atoms with Gasteiger partial charge in [-0.15, -0.1) is 0 Å². The van der Waals surface area contributed by atoms with Gasteiger partial charge in [0.25, 0.3) is 0 Å². The van der Waals surface area contributed by atoms with Gasteiger partial charge in [-0.1, -0.05) is 17.3 Å². The zero-order valence-corrected chi connectivity index (χ0v) is 16.5. The fourth-order valence-corrected chi connectivity index (χ4v) is 3.05. The molecular formula is C20H28N4O3. The maximum Gasteiger partial charge on any atom is 0.317 e. The Kier molecular flexibility index (Phi) is 5.68. The van der Waals surface area contributed by atoms with E-state index in [1.54, 1.807) is 4.90 Å². The normalized spacial score (nSPS) is 17.2. The van der Waals surface area contributed by atoms with Crippen molar-refractivity contribution in [1.82, 2.24) is 20.4 Å². The molecule has 27 heavy (non-hydrogen) atoms. The molecule has 1 fully saturated rings. The number of hydrogen-bond donors (Lipinski definition) is 1. The van der Waals surface area contributed by atoms with Crippen molar-refractivity contribution in [3.8, 4) is 5.75 Å². The summed E-state index contributed by atoms with van der Waals surface area (Å²) in [6.45, 7) is 9.74. The van der Waals surface area contributed by atoms with Crippen LogP contribution in [0.15, 0.2) is 28.8 Å². The molecule has 2 aromatic rings. The third-order valence-corrected chi connectivity index (χ3v) is 4.37. The highest BCUT2D eigenvalue weighted by molar-refractivity contribution is 5.75. The molecule has 0 saturated carbocycles. The van der Waals surface area contributed by atoms with E-state index in [4.69, 9.17) is 9.26 Å². The second kappa shape index (κ2) is 7.98. The maximum absolute atomic E-state index is 12.3. The van der Waals surface area contributed by atoms with E-state index in [-0.39, 0.29) is 17.5 Å². The molecule has 7 heteroatoms. The Bertz CT molecular complexity index is 782. The van der Waals surface area contributed by atoms with Crippen molar-refractivity contribution < 1.29 is 14.1 Å². The number of aromatic nitrogens is 2. The van der Waals surface area contributed by atoms with Gasteiger partial charge < -0.3 is 19.5 Å². The summed E-state index contributed by atoms with van der Waals surface area (Å²) in [5.74, 6) is 2.17. The maximum atomic E-state index is 12.3. The SMILES string of the molecule is Cc1cccc(OCCc2noc(C3CCN(C(=O)NC(C)(C)C)C3)n2)c1. The molecule has 1 aromatic heterocycles. The van der Waals surface area contributed by atoms with Crippen LogP contribution in [0, 0.1) is 6.92 Å². The van der Waals surface area contributed by atoms with E-state index in [1.165, 1.54) is 0 Å². The fraction of sp³-hybridized carbons (Fsp3) is 0.550. The lowest BCUT2D eigenvalue weighted by Crippen LogP contribution is -2.47. The fourth-order valence-electron chi connectivity index (χ4n) is 3.05. The summed E-state index contributed by atoms with van der Waals surface area (Å²) < 4.78 is 11.2. The van der Waals surface area contributed by atoms with Crippen LogP contribution in [0.3, 0.4) is 0 Å². The lowest BCUT2D eigenvalue weighted by Gasteiger charge is -2.25. The standard InChI is InChI=1S/C20H28N4O3/c1-14-6-5-7-16(12-14)26-11-9-17-21-18(27-23-17)15-8-10-24(13-15)19(25)22-20(2,3)4/h5-7,12,15H,8-11,13H2,1-4H3,(H,22,25). The summed E-state index contributed by atoms with van der Waals surface area (Å²) in [6, 6.07) is 7.89. The second-order valence-corrected chi connectivity index (χ2v) is 8.08. The van der Waals surface area contributed by atoms with E-state index in [0.717, 1.165) is 17.7 Å². The van der Waals surface area contributed by atoms with Crippen LogP contribution in [0.2, 0.25) is 0 Å². The summed E-state index contributed by atoms with van der Waals surface area (Å²) in [5.41, 5.74) is 0.917. The van der Waals surface area contributed by atoms with Gasteiger partial charge in [0.15, 0.2) is 5.82 Å². The van der Waals surface area contributed by atoms with Crippen molar-refractivity contribution in [2.24, 2.45) is 0 Å². The Morgan fingerprint density at radius 3 is 2.96 bits per heavy atom. The largest absolute Gasteiger partial charge is 0.493 e. The first-order valence-electron chi connectivity index (χ1n) is 9.39. The number of rotatable bonds is 5. The summed E-state index contributed by atoms with van der Waals surface area (Å²) in [5, 5.41) is 7.04. The Morgan fingerprint density at radius 2 is 2.22 bits per heavy atom. The van der Waals surface area contributed by atoms with Crippen LogP contribution in [0.5, 0.6) is 5.75 Å². The minimum atomic E-state index is -0.246. The topological polar surface area (TPSA) is 80.5 Å². The molecule has 0 bridgehead atoms. The zero-order chi connectivity index (χ0) is 19.4. The number of urea groups is 1. The first-order chi connectivity index (χ1) is 12.8. The van der Waals surface area contributed by atoms with Gasteiger partial charge in [0, 0.05) is 25.0 Å². The first kappa shape index (κ1) is 19.2. The average Bonchev–Trinajstić information content (AvgIpc) is 3.22. The van der Waals surface area contributed by atoms with Gasteiger partial charge >= 0.3 is 6.03 Å². The number of aryl methyl sites for hydroxylation is 1. The number of ether oxygens (including phenoxy) is 1. The number of amides is 2. The molecule has 1 atom stereocenters. The number of likely N-dealkylation sites (tertiary alicyclic amines) is 1. The molecule has 2 amide bonds. The van der Waals surface area contributed by atoms with E-state index in [0.29, 0.717) is 37.8 Å². The first-order valence-corrected chi connectivity index (χ1v) is 9.39. The lowest BCUT2D eigenvalue weighted by molar-refractivity contribution is 0.198. The molecule has 0 aliphatic carbocycles. The van der Waals surface area contributed by atoms with Crippen molar-refractivity contribution in [2.75, 3.05) is 19.7 Å². The van der Waals surface area contributed by atoms with E-state index in [2.05, 4.69) is 15.5 Å². The number of nitrogens with zero attached hydrogens (tertiary/aromatic N) is 3. The molecule has 146 valence electrons. The second-order valence-electron chi connectivity index (χ2n) is 8.08. The van der Waals surface area contributed by atoms with Crippen LogP contribution in [0.1, 0.15) is 50.4 Å². The minimum Gasteiger partial charge on any atom is -0.493 e. The van der Waals surface area contributed by atoms with Gasteiger partial charge in [-0.25, -0.2) is 4.79 Å².